The van der Waals surface area contributed by atoms with Gasteiger partial charge in [0.2, 0.25) is 5.91 Å². The van der Waals surface area contributed by atoms with Crippen LogP contribution < -0.4 is 0 Å². The molecular formula is C18H37N2O2+. The normalized spacial score (nSPS) is 12.0. The Labute approximate surface area is 137 Å². The Morgan fingerprint density at radius 1 is 1.09 bits per heavy atom. The number of rotatable bonds is 13. The Kier molecular flexibility index (Phi) is 12.2. The van der Waals surface area contributed by atoms with Crippen molar-refractivity contribution in [2.75, 3.05) is 46.4 Å². The zero-order chi connectivity index (χ0) is 16.8. The second kappa shape index (κ2) is 12.7. The molecule has 0 aromatic heterocycles. The van der Waals surface area contributed by atoms with Crippen molar-refractivity contribution in [3.8, 4) is 0 Å². The lowest BCUT2D eigenvalue weighted by molar-refractivity contribution is -0.924. The molecule has 0 heterocycles. The zero-order valence-electron chi connectivity index (χ0n) is 15.2. The zero-order valence-corrected chi connectivity index (χ0v) is 15.2. The third-order valence-corrected chi connectivity index (χ3v) is 4.68. The number of hydrogen-bond acceptors (Lipinski definition) is 2. The van der Waals surface area contributed by atoms with Crippen molar-refractivity contribution < 1.29 is 14.4 Å². The maximum Gasteiger partial charge on any atom is 0.226 e. The van der Waals surface area contributed by atoms with Gasteiger partial charge in [0, 0.05) is 13.5 Å². The van der Waals surface area contributed by atoms with Crippen LogP contribution in [0.2, 0.25) is 0 Å². The number of nitrogens with zero attached hydrogens (tertiary/aromatic N) is 2. The maximum atomic E-state index is 12.1. The Morgan fingerprint density at radius 3 is 2.32 bits per heavy atom. The number of aliphatic hydroxyl groups is 1. The second-order valence-corrected chi connectivity index (χ2v) is 6.13. The van der Waals surface area contributed by atoms with Crippen LogP contribution in [0.25, 0.3) is 0 Å². The summed E-state index contributed by atoms with van der Waals surface area (Å²) in [6.07, 6.45) is 9.42. The fraction of sp³-hybridized carbons (Fsp3) is 0.833. The molecule has 0 atom stereocenters. The van der Waals surface area contributed by atoms with Gasteiger partial charge in [-0.1, -0.05) is 31.9 Å². The van der Waals surface area contributed by atoms with E-state index in [0.29, 0.717) is 6.42 Å². The molecule has 4 heteroatoms. The smallest absolute Gasteiger partial charge is 0.226 e. The van der Waals surface area contributed by atoms with Gasteiger partial charge in [-0.25, -0.2) is 0 Å². The van der Waals surface area contributed by atoms with E-state index < -0.39 is 0 Å². The largest absolute Gasteiger partial charge is 0.391 e. The van der Waals surface area contributed by atoms with Crippen molar-refractivity contribution in [3.05, 3.63) is 12.2 Å². The van der Waals surface area contributed by atoms with E-state index in [4.69, 9.17) is 0 Å². The average Bonchev–Trinajstić information content (AvgIpc) is 2.54. The van der Waals surface area contributed by atoms with Crippen molar-refractivity contribution in [1.29, 1.82) is 0 Å². The highest BCUT2D eigenvalue weighted by Crippen LogP contribution is 2.07. The van der Waals surface area contributed by atoms with Crippen LogP contribution in [0.15, 0.2) is 12.2 Å². The number of quaternary nitrogens is 1. The first-order valence-corrected chi connectivity index (χ1v) is 8.90. The van der Waals surface area contributed by atoms with E-state index in [1.807, 2.05) is 18.0 Å². The van der Waals surface area contributed by atoms with Crippen LogP contribution in [0.3, 0.4) is 0 Å². The second-order valence-electron chi connectivity index (χ2n) is 6.13. The van der Waals surface area contributed by atoms with Gasteiger partial charge in [-0.2, -0.15) is 0 Å². The van der Waals surface area contributed by atoms with Crippen molar-refractivity contribution in [1.82, 2.24) is 4.90 Å². The van der Waals surface area contributed by atoms with E-state index in [-0.39, 0.29) is 12.5 Å². The Bertz CT molecular complexity index is 312. The molecule has 0 aliphatic heterocycles. The lowest BCUT2D eigenvalue weighted by Gasteiger charge is -2.37. The number of likely N-dealkylation sites (N-methyl/N-ethyl adjacent to an activating group) is 2. The highest BCUT2D eigenvalue weighted by atomic mass is 16.3. The lowest BCUT2D eigenvalue weighted by atomic mass is 10.2. The van der Waals surface area contributed by atoms with Crippen molar-refractivity contribution in [2.45, 2.75) is 52.9 Å². The van der Waals surface area contributed by atoms with Gasteiger partial charge < -0.3 is 14.5 Å². The lowest BCUT2D eigenvalue weighted by Crippen LogP contribution is -2.53. The van der Waals surface area contributed by atoms with Gasteiger partial charge in [-0.3, -0.25) is 4.79 Å². The summed E-state index contributed by atoms with van der Waals surface area (Å²) in [6, 6.07) is 0. The quantitative estimate of drug-likeness (QED) is 0.323. The molecule has 0 rings (SSSR count). The van der Waals surface area contributed by atoms with Gasteiger partial charge in [0.05, 0.1) is 32.8 Å². The number of allylic oxidation sites excluding steroid dienone is 1. The molecule has 1 N–H and O–H groups in total. The summed E-state index contributed by atoms with van der Waals surface area (Å²) in [7, 11) is 1.88. The highest BCUT2D eigenvalue weighted by Gasteiger charge is 2.23. The van der Waals surface area contributed by atoms with E-state index in [1.165, 1.54) is 19.3 Å². The van der Waals surface area contributed by atoms with Crippen molar-refractivity contribution >= 4 is 5.91 Å². The minimum Gasteiger partial charge on any atom is -0.391 e. The van der Waals surface area contributed by atoms with Gasteiger partial charge in [-0.05, 0) is 26.7 Å². The van der Waals surface area contributed by atoms with E-state index in [1.54, 1.807) is 0 Å². The molecule has 0 saturated carbocycles. The molecular weight excluding hydrogens is 276 g/mol. The number of carbonyl (C=O) groups is 1. The average molecular weight is 314 g/mol. The third-order valence-electron chi connectivity index (χ3n) is 4.68. The molecule has 0 unspecified atom stereocenters. The van der Waals surface area contributed by atoms with Gasteiger partial charge in [0.1, 0.15) is 6.54 Å². The fourth-order valence-electron chi connectivity index (χ4n) is 2.64. The summed E-state index contributed by atoms with van der Waals surface area (Å²) in [5, 5.41) is 9.24. The van der Waals surface area contributed by atoms with E-state index >= 15 is 0 Å². The van der Waals surface area contributed by atoms with Crippen LogP contribution in [-0.4, -0.2) is 66.8 Å². The van der Waals surface area contributed by atoms with E-state index in [9.17, 15) is 9.90 Å². The van der Waals surface area contributed by atoms with Gasteiger partial charge in [0.15, 0.2) is 0 Å². The summed E-state index contributed by atoms with van der Waals surface area (Å²) in [5.41, 5.74) is 0. The number of carbonyl (C=O) groups excluding carboxylic acids is 1. The predicted molar refractivity (Wildman–Crippen MR) is 93.7 cm³/mol. The van der Waals surface area contributed by atoms with Crippen LogP contribution in [-0.2, 0) is 4.79 Å². The Hall–Kier alpha value is -0.870. The molecule has 1 amide bonds. The summed E-state index contributed by atoms with van der Waals surface area (Å²) in [5.74, 6) is 0.182. The van der Waals surface area contributed by atoms with Crippen LogP contribution in [0, 0.1) is 0 Å². The number of aliphatic hydroxyl groups excluding tert-OH is 1. The maximum absolute atomic E-state index is 12.1. The van der Waals surface area contributed by atoms with Crippen LogP contribution >= 0.6 is 0 Å². The molecule has 0 saturated heterocycles. The molecule has 0 aliphatic rings. The Balaban J connectivity index is 4.13. The standard InChI is InChI=1S/C18H37N2O2/c1-5-8-9-10-11-12-13-18(22)19(4)14-15-20(6-2,7-3)16-17-21/h11-12,21H,5-10,13-17H2,1-4H3/q+1/b12-11+. The first-order valence-electron chi connectivity index (χ1n) is 8.90. The minimum atomic E-state index is 0.182. The molecule has 0 spiro atoms. The molecule has 130 valence electrons. The van der Waals surface area contributed by atoms with Crippen molar-refractivity contribution in [2.24, 2.45) is 0 Å². The van der Waals surface area contributed by atoms with Gasteiger partial charge in [0.25, 0.3) is 0 Å². The van der Waals surface area contributed by atoms with Crippen molar-refractivity contribution in [3.63, 3.8) is 0 Å². The summed E-state index contributed by atoms with van der Waals surface area (Å²) >= 11 is 0. The topological polar surface area (TPSA) is 40.5 Å². The van der Waals surface area contributed by atoms with E-state index in [0.717, 1.165) is 43.6 Å². The molecule has 0 aliphatic carbocycles. The SMILES string of the molecule is CCCCC/C=C/CC(=O)N(C)CC[N+](CC)(CC)CCO. The molecule has 0 radical (unpaired) electrons. The molecule has 0 fully saturated rings. The number of unbranched alkanes of at least 4 members (excludes halogenated alkanes) is 3. The first kappa shape index (κ1) is 21.1. The summed E-state index contributed by atoms with van der Waals surface area (Å²) in [6.45, 7) is 11.1. The van der Waals surface area contributed by atoms with Crippen LogP contribution in [0.5, 0.6) is 0 Å². The predicted octanol–water partition coefficient (Wildman–Crippen LogP) is 2.82. The Morgan fingerprint density at radius 2 is 1.77 bits per heavy atom. The molecule has 0 bridgehead atoms. The molecule has 22 heavy (non-hydrogen) atoms. The van der Waals surface area contributed by atoms with Gasteiger partial charge in [-0.15, -0.1) is 0 Å². The molecule has 0 aromatic carbocycles. The monoisotopic (exact) mass is 313 g/mol. The number of amides is 1. The number of hydrogen-bond donors (Lipinski definition) is 1. The third kappa shape index (κ3) is 8.54. The molecule has 0 aromatic rings. The summed E-state index contributed by atoms with van der Waals surface area (Å²) in [4.78, 5) is 13.9. The van der Waals surface area contributed by atoms with Gasteiger partial charge >= 0.3 is 0 Å². The van der Waals surface area contributed by atoms with E-state index in [2.05, 4.69) is 26.8 Å². The highest BCUT2D eigenvalue weighted by molar-refractivity contribution is 5.77. The first-order chi connectivity index (χ1) is 10.5. The molecule has 4 nitrogen and oxygen atoms in total. The summed E-state index contributed by atoms with van der Waals surface area (Å²) < 4.78 is 0.876. The minimum absolute atomic E-state index is 0.182. The fourth-order valence-corrected chi connectivity index (χ4v) is 2.64. The van der Waals surface area contributed by atoms with Crippen LogP contribution in [0.4, 0.5) is 0 Å². The van der Waals surface area contributed by atoms with Crippen LogP contribution in [0.1, 0.15) is 52.9 Å².